The monoisotopic (exact) mass is 570 g/mol. The number of ether oxygens (including phenoxy) is 3. The van der Waals surface area contributed by atoms with E-state index in [-0.39, 0.29) is 18.2 Å². The third-order valence-corrected chi connectivity index (χ3v) is 8.80. The summed E-state index contributed by atoms with van der Waals surface area (Å²) in [5.41, 5.74) is 12.6. The fourth-order valence-corrected chi connectivity index (χ4v) is 6.83. The molecule has 220 valence electrons. The Morgan fingerprint density at radius 1 is 0.952 bits per heavy atom. The van der Waals surface area contributed by atoms with Gasteiger partial charge in [-0.05, 0) is 68.7 Å². The number of aryl methyl sites for hydroxylation is 2. The molecule has 2 fully saturated rings. The van der Waals surface area contributed by atoms with Crippen molar-refractivity contribution in [2.75, 3.05) is 5.32 Å². The Morgan fingerprint density at radius 3 is 2.40 bits per heavy atom. The van der Waals surface area contributed by atoms with Crippen LogP contribution >= 0.6 is 0 Å². The molecule has 0 saturated carbocycles. The van der Waals surface area contributed by atoms with Crippen LogP contribution in [-0.2, 0) is 27.1 Å². The Morgan fingerprint density at radius 2 is 1.64 bits per heavy atom. The van der Waals surface area contributed by atoms with Crippen molar-refractivity contribution in [3.05, 3.63) is 83.4 Å². The SMILES string of the molecule is C[C@@H](O)[C@H]1O[C@@H](n2cnc3c(N[C@H]4CCc5ccccc54)ncnc32)[C@@H]2OC(C)(C)O[C@@H]21.N[C@H]1CCc2ccccc21. The summed E-state index contributed by atoms with van der Waals surface area (Å²) < 4.78 is 20.3. The molecule has 4 heterocycles. The second kappa shape index (κ2) is 10.7. The normalized spacial score (nSPS) is 29.5. The topological polar surface area (TPSA) is 130 Å². The minimum absolute atomic E-state index is 0.188. The van der Waals surface area contributed by atoms with Crippen LogP contribution in [0.1, 0.15) is 74.2 Å². The maximum atomic E-state index is 10.3. The van der Waals surface area contributed by atoms with Gasteiger partial charge in [-0.25, -0.2) is 15.0 Å². The maximum Gasteiger partial charge on any atom is 0.167 e. The molecule has 2 aromatic heterocycles. The highest BCUT2D eigenvalue weighted by atomic mass is 16.8. The number of aliphatic hydroxyl groups excluding tert-OH is 1. The summed E-state index contributed by atoms with van der Waals surface area (Å²) in [6, 6.07) is 17.4. The van der Waals surface area contributed by atoms with Crippen LogP contribution in [0, 0.1) is 0 Å². The van der Waals surface area contributed by atoms with Crippen molar-refractivity contribution >= 4 is 17.0 Å². The van der Waals surface area contributed by atoms with E-state index in [4.69, 9.17) is 19.9 Å². The molecule has 2 aromatic carbocycles. The molecule has 2 saturated heterocycles. The molecule has 2 aliphatic heterocycles. The number of hydrogen-bond donors (Lipinski definition) is 3. The first kappa shape index (κ1) is 27.4. The smallest absolute Gasteiger partial charge is 0.167 e. The fraction of sp³-hybridized carbons (Fsp3) is 0.469. The summed E-state index contributed by atoms with van der Waals surface area (Å²) in [6.07, 6.45) is 5.12. The number of nitrogens with zero attached hydrogens (tertiary/aromatic N) is 4. The summed E-state index contributed by atoms with van der Waals surface area (Å²) in [7, 11) is 0. The first-order chi connectivity index (χ1) is 20.3. The number of rotatable bonds is 4. The van der Waals surface area contributed by atoms with Crippen molar-refractivity contribution < 1.29 is 19.3 Å². The Bertz CT molecular complexity index is 1590. The lowest BCUT2D eigenvalue weighted by Gasteiger charge is -2.25. The zero-order chi connectivity index (χ0) is 29.0. The van der Waals surface area contributed by atoms with E-state index < -0.39 is 24.2 Å². The number of benzene rings is 2. The molecule has 2 aliphatic carbocycles. The standard InChI is InChI=1S/C23H27N5O4.C9H11N/c1-12(29)17-18-19(32-23(2,3)31-18)22(30-17)28-11-26-16-20(24-10-25-21(16)28)27-15-9-8-13-6-4-5-7-14(13)15;10-9-6-5-7-3-1-2-4-8(7)9/h4-7,10-12,15,17-19,22,29H,8-9H2,1-3H3,(H,24,25,27);1-4,9H,5-6,10H2/t12-,15+,17-,18-,19-,22-;9-/m10/s1. The molecular weight excluding hydrogens is 532 g/mol. The lowest BCUT2D eigenvalue weighted by atomic mass is 10.1. The molecule has 0 radical (unpaired) electrons. The van der Waals surface area contributed by atoms with Gasteiger partial charge in [-0.1, -0.05) is 48.5 Å². The Balaban J connectivity index is 0.000000243. The van der Waals surface area contributed by atoms with Gasteiger partial charge in [0, 0.05) is 6.04 Å². The van der Waals surface area contributed by atoms with Crippen LogP contribution in [0.5, 0.6) is 0 Å². The largest absolute Gasteiger partial charge is 0.391 e. The molecule has 0 spiro atoms. The first-order valence-corrected chi connectivity index (χ1v) is 14.8. The molecule has 0 amide bonds. The zero-order valence-electron chi connectivity index (χ0n) is 24.2. The number of fused-ring (bicyclic) bond motifs is 4. The molecule has 4 aliphatic rings. The fourth-order valence-electron chi connectivity index (χ4n) is 6.83. The number of hydrogen-bond acceptors (Lipinski definition) is 9. The Kier molecular flexibility index (Phi) is 6.99. The summed E-state index contributed by atoms with van der Waals surface area (Å²) in [4.78, 5) is 13.6. The van der Waals surface area contributed by atoms with E-state index in [0.29, 0.717) is 23.0 Å². The Labute approximate surface area is 245 Å². The summed E-state index contributed by atoms with van der Waals surface area (Å²) in [5.74, 6) is -0.0562. The van der Waals surface area contributed by atoms with Gasteiger partial charge in [0.25, 0.3) is 0 Å². The number of aromatic nitrogens is 4. The van der Waals surface area contributed by atoms with Gasteiger partial charge < -0.3 is 30.4 Å². The van der Waals surface area contributed by atoms with Crippen LogP contribution in [0.3, 0.4) is 0 Å². The van der Waals surface area contributed by atoms with Gasteiger partial charge in [0.05, 0.1) is 18.5 Å². The van der Waals surface area contributed by atoms with E-state index in [0.717, 1.165) is 25.7 Å². The second-order valence-corrected chi connectivity index (χ2v) is 12.1. The molecule has 8 rings (SSSR count). The third-order valence-electron chi connectivity index (χ3n) is 8.80. The van der Waals surface area contributed by atoms with Crippen molar-refractivity contribution in [2.24, 2.45) is 5.73 Å². The van der Waals surface area contributed by atoms with Crippen LogP contribution in [0.4, 0.5) is 5.82 Å². The second-order valence-electron chi connectivity index (χ2n) is 12.1. The molecule has 42 heavy (non-hydrogen) atoms. The van der Waals surface area contributed by atoms with E-state index in [1.807, 2.05) is 18.4 Å². The average Bonchev–Trinajstić information content (AvgIpc) is 3.79. The van der Waals surface area contributed by atoms with E-state index in [1.165, 1.54) is 28.6 Å². The highest BCUT2D eigenvalue weighted by molar-refractivity contribution is 5.83. The van der Waals surface area contributed by atoms with Gasteiger partial charge in [-0.3, -0.25) is 4.57 Å². The van der Waals surface area contributed by atoms with Gasteiger partial charge in [0.15, 0.2) is 29.0 Å². The van der Waals surface area contributed by atoms with Gasteiger partial charge in [-0.2, -0.15) is 0 Å². The molecule has 4 N–H and O–H groups in total. The van der Waals surface area contributed by atoms with Gasteiger partial charge in [-0.15, -0.1) is 0 Å². The van der Waals surface area contributed by atoms with Crippen LogP contribution in [0.25, 0.3) is 11.2 Å². The Hall–Kier alpha value is -3.41. The average molecular weight is 571 g/mol. The molecule has 0 unspecified atom stereocenters. The zero-order valence-corrected chi connectivity index (χ0v) is 24.2. The predicted octanol–water partition coefficient (Wildman–Crippen LogP) is 4.36. The lowest BCUT2D eigenvalue weighted by Crippen LogP contribution is -2.36. The maximum absolute atomic E-state index is 10.3. The molecule has 0 bridgehead atoms. The van der Waals surface area contributed by atoms with Gasteiger partial charge in [0.1, 0.15) is 24.6 Å². The molecule has 7 atom stereocenters. The first-order valence-electron chi connectivity index (χ1n) is 14.8. The number of imidazole rings is 1. The van der Waals surface area contributed by atoms with Crippen LogP contribution < -0.4 is 11.1 Å². The lowest BCUT2D eigenvalue weighted by molar-refractivity contribution is -0.205. The van der Waals surface area contributed by atoms with E-state index in [1.54, 1.807) is 13.3 Å². The summed E-state index contributed by atoms with van der Waals surface area (Å²) >= 11 is 0. The number of nitrogens with one attached hydrogen (secondary N) is 1. The minimum Gasteiger partial charge on any atom is -0.391 e. The summed E-state index contributed by atoms with van der Waals surface area (Å²) in [6.45, 7) is 5.45. The van der Waals surface area contributed by atoms with Crippen LogP contribution in [0.2, 0.25) is 0 Å². The number of anilines is 1. The highest BCUT2D eigenvalue weighted by Crippen LogP contribution is 2.45. The highest BCUT2D eigenvalue weighted by Gasteiger charge is 2.57. The van der Waals surface area contributed by atoms with Crippen LogP contribution in [0.15, 0.2) is 61.2 Å². The number of nitrogens with two attached hydrogens (primary N) is 1. The third kappa shape index (κ3) is 4.87. The number of aliphatic hydroxyl groups is 1. The van der Waals surface area contributed by atoms with Crippen molar-refractivity contribution in [1.82, 2.24) is 19.5 Å². The summed E-state index contributed by atoms with van der Waals surface area (Å²) in [5, 5.41) is 13.8. The predicted molar refractivity (Wildman–Crippen MR) is 158 cm³/mol. The molecular formula is C32H38N6O4. The molecule has 4 aromatic rings. The van der Waals surface area contributed by atoms with E-state index in [2.05, 4.69) is 68.8 Å². The van der Waals surface area contributed by atoms with Crippen molar-refractivity contribution in [3.63, 3.8) is 0 Å². The quantitative estimate of drug-likeness (QED) is 0.328. The molecule has 10 nitrogen and oxygen atoms in total. The minimum atomic E-state index is -0.752. The van der Waals surface area contributed by atoms with Crippen LogP contribution in [-0.4, -0.2) is 54.8 Å². The van der Waals surface area contributed by atoms with Crippen molar-refractivity contribution in [2.45, 2.75) is 95.0 Å². The van der Waals surface area contributed by atoms with Crippen molar-refractivity contribution in [1.29, 1.82) is 0 Å². The van der Waals surface area contributed by atoms with Crippen molar-refractivity contribution in [3.8, 4) is 0 Å². The van der Waals surface area contributed by atoms with E-state index >= 15 is 0 Å². The molecule has 10 heteroatoms. The van der Waals surface area contributed by atoms with Gasteiger partial charge >= 0.3 is 0 Å². The van der Waals surface area contributed by atoms with E-state index in [9.17, 15) is 5.11 Å². The van der Waals surface area contributed by atoms with Gasteiger partial charge in [0.2, 0.25) is 0 Å².